The van der Waals surface area contributed by atoms with Crippen LogP contribution in [0.25, 0.3) is 0 Å². The molecule has 0 spiro atoms. The van der Waals surface area contributed by atoms with Crippen LogP contribution in [0, 0.1) is 0 Å². The molecule has 0 aliphatic heterocycles. The van der Waals surface area contributed by atoms with Crippen molar-refractivity contribution in [2.75, 3.05) is 24.1 Å². The number of hydrogen-bond acceptors (Lipinski definition) is 4. The van der Waals surface area contributed by atoms with Gasteiger partial charge in [-0.25, -0.2) is 0 Å². The molecule has 0 aromatic heterocycles. The van der Waals surface area contributed by atoms with E-state index in [1.165, 1.54) is 0 Å². The molecule has 0 heterocycles. The molecule has 6 heteroatoms. The molecule has 5 N–H and O–H groups in total. The monoisotopic (exact) mass is 292 g/mol. The molecule has 0 aliphatic rings. The molecule has 0 aliphatic carbocycles. The molecule has 0 bridgehead atoms. The third-order valence-electron chi connectivity index (χ3n) is 3.26. The van der Waals surface area contributed by atoms with Gasteiger partial charge in [-0.2, -0.15) is 0 Å². The van der Waals surface area contributed by atoms with Crippen molar-refractivity contribution in [2.45, 2.75) is 32.7 Å². The fourth-order valence-corrected chi connectivity index (χ4v) is 1.95. The van der Waals surface area contributed by atoms with Crippen molar-refractivity contribution in [3.05, 3.63) is 24.3 Å². The van der Waals surface area contributed by atoms with Crippen LogP contribution in [0.2, 0.25) is 0 Å². The highest BCUT2D eigenvalue weighted by Gasteiger charge is 2.22. The van der Waals surface area contributed by atoms with Crippen molar-refractivity contribution < 1.29 is 9.59 Å². The summed E-state index contributed by atoms with van der Waals surface area (Å²) in [7, 11) is 0. The van der Waals surface area contributed by atoms with E-state index < -0.39 is 11.9 Å². The number of nitrogen functional groups attached to an aromatic ring is 1. The average molecular weight is 292 g/mol. The maximum atomic E-state index is 12.2. The maximum Gasteiger partial charge on any atom is 0.241 e. The predicted octanol–water partition coefficient (Wildman–Crippen LogP) is 1.18. The van der Waals surface area contributed by atoms with Crippen LogP contribution < -0.4 is 16.8 Å². The molecule has 0 fully saturated rings. The highest BCUT2D eigenvalue weighted by molar-refractivity contribution is 5.95. The Kier molecular flexibility index (Phi) is 6.68. The Morgan fingerprint density at radius 1 is 1.29 bits per heavy atom. The predicted molar refractivity (Wildman–Crippen MR) is 84.6 cm³/mol. The first kappa shape index (κ1) is 17.0. The van der Waals surface area contributed by atoms with Gasteiger partial charge in [0.25, 0.3) is 0 Å². The van der Waals surface area contributed by atoms with Crippen LogP contribution in [-0.2, 0) is 9.59 Å². The zero-order valence-electron chi connectivity index (χ0n) is 12.6. The van der Waals surface area contributed by atoms with Gasteiger partial charge >= 0.3 is 0 Å². The highest BCUT2D eigenvalue weighted by Crippen LogP contribution is 2.12. The Morgan fingerprint density at radius 2 is 1.90 bits per heavy atom. The molecule has 21 heavy (non-hydrogen) atoms. The fraction of sp³-hybridized carbons (Fsp3) is 0.467. The van der Waals surface area contributed by atoms with Crippen molar-refractivity contribution in [2.24, 2.45) is 5.73 Å². The van der Waals surface area contributed by atoms with E-state index in [4.69, 9.17) is 11.5 Å². The van der Waals surface area contributed by atoms with E-state index in [2.05, 4.69) is 12.2 Å². The van der Waals surface area contributed by atoms with Gasteiger partial charge in [0.15, 0.2) is 0 Å². The number of primary amides is 1. The number of nitrogens with zero attached hydrogens (tertiary/aromatic N) is 1. The van der Waals surface area contributed by atoms with Crippen molar-refractivity contribution in [1.29, 1.82) is 0 Å². The topological polar surface area (TPSA) is 101 Å². The van der Waals surface area contributed by atoms with Gasteiger partial charge in [0, 0.05) is 11.4 Å². The number of carbonyl (C=O) groups excluding carboxylic acids is 2. The number of amides is 2. The van der Waals surface area contributed by atoms with Gasteiger partial charge in [-0.05, 0) is 44.2 Å². The number of nitrogens with two attached hydrogens (primary N) is 2. The van der Waals surface area contributed by atoms with E-state index in [0.717, 1.165) is 12.8 Å². The van der Waals surface area contributed by atoms with E-state index in [9.17, 15) is 9.59 Å². The summed E-state index contributed by atoms with van der Waals surface area (Å²) in [5.41, 5.74) is 12.2. The van der Waals surface area contributed by atoms with Gasteiger partial charge in [-0.3, -0.25) is 14.5 Å². The van der Waals surface area contributed by atoms with Crippen LogP contribution in [0.3, 0.4) is 0 Å². The molecule has 0 radical (unpaired) electrons. The Labute approximate surface area is 125 Å². The Morgan fingerprint density at radius 3 is 2.43 bits per heavy atom. The number of anilines is 2. The lowest BCUT2D eigenvalue weighted by atomic mass is 10.2. The quantitative estimate of drug-likeness (QED) is 0.626. The minimum atomic E-state index is -0.432. The van der Waals surface area contributed by atoms with Crippen LogP contribution in [0.4, 0.5) is 11.4 Å². The number of nitrogens with one attached hydrogen (secondary N) is 1. The van der Waals surface area contributed by atoms with Crippen LogP contribution in [0.5, 0.6) is 0 Å². The lowest BCUT2D eigenvalue weighted by Gasteiger charge is -2.26. The molecule has 1 aromatic rings. The summed E-state index contributed by atoms with van der Waals surface area (Å²) >= 11 is 0. The van der Waals surface area contributed by atoms with E-state index >= 15 is 0 Å². The normalized spacial score (nSPS) is 12.1. The molecule has 116 valence electrons. The Bertz CT molecular complexity index is 473. The second kappa shape index (κ2) is 8.26. The van der Waals surface area contributed by atoms with Crippen LogP contribution in [0.15, 0.2) is 24.3 Å². The minimum Gasteiger partial charge on any atom is -0.399 e. The first-order chi connectivity index (χ1) is 9.93. The lowest BCUT2D eigenvalue weighted by Crippen LogP contribution is -2.46. The Hall–Kier alpha value is -2.08. The third-order valence-corrected chi connectivity index (χ3v) is 3.26. The SMILES string of the molecule is CCCCN(CC(N)=O)C(C)C(=O)Nc1ccc(N)cc1. The lowest BCUT2D eigenvalue weighted by molar-refractivity contribution is -0.123. The fourth-order valence-electron chi connectivity index (χ4n) is 1.95. The Balaban J connectivity index is 2.67. The first-order valence-electron chi connectivity index (χ1n) is 7.12. The molecular weight excluding hydrogens is 268 g/mol. The molecule has 2 amide bonds. The smallest absolute Gasteiger partial charge is 0.241 e. The summed E-state index contributed by atoms with van der Waals surface area (Å²) in [6.45, 7) is 4.57. The van der Waals surface area contributed by atoms with E-state index in [1.807, 2.05) is 0 Å². The second-order valence-corrected chi connectivity index (χ2v) is 5.08. The van der Waals surface area contributed by atoms with Crippen molar-refractivity contribution in [3.8, 4) is 0 Å². The molecule has 0 saturated carbocycles. The minimum absolute atomic E-state index is 0.0797. The first-order valence-corrected chi connectivity index (χ1v) is 7.12. The molecule has 1 atom stereocenters. The van der Waals surface area contributed by atoms with Gasteiger partial charge in [0.2, 0.25) is 11.8 Å². The average Bonchev–Trinajstić information content (AvgIpc) is 2.44. The van der Waals surface area contributed by atoms with E-state index in [0.29, 0.717) is 17.9 Å². The standard InChI is InChI=1S/C15H24N4O2/c1-3-4-9-19(10-14(17)20)11(2)15(21)18-13-7-5-12(16)6-8-13/h5-8,11H,3-4,9-10,16H2,1-2H3,(H2,17,20)(H,18,21). The highest BCUT2D eigenvalue weighted by atomic mass is 16.2. The molecule has 1 aromatic carbocycles. The number of carbonyl (C=O) groups is 2. The third kappa shape index (κ3) is 5.83. The molecule has 6 nitrogen and oxygen atoms in total. The largest absolute Gasteiger partial charge is 0.399 e. The van der Waals surface area contributed by atoms with Crippen molar-refractivity contribution in [3.63, 3.8) is 0 Å². The zero-order valence-corrected chi connectivity index (χ0v) is 12.6. The summed E-state index contributed by atoms with van der Waals surface area (Å²) in [5.74, 6) is -0.602. The zero-order chi connectivity index (χ0) is 15.8. The summed E-state index contributed by atoms with van der Waals surface area (Å²) in [6, 6.07) is 6.49. The van der Waals surface area contributed by atoms with Gasteiger partial charge in [0.1, 0.15) is 0 Å². The molecule has 0 saturated heterocycles. The van der Waals surface area contributed by atoms with Gasteiger partial charge in [-0.15, -0.1) is 0 Å². The maximum absolute atomic E-state index is 12.2. The van der Waals surface area contributed by atoms with Gasteiger partial charge < -0.3 is 16.8 Å². The van der Waals surface area contributed by atoms with Crippen LogP contribution in [-0.4, -0.2) is 35.8 Å². The molecule has 1 rings (SSSR count). The number of benzene rings is 1. The summed E-state index contributed by atoms with van der Waals surface area (Å²) < 4.78 is 0. The van der Waals surface area contributed by atoms with Crippen molar-refractivity contribution >= 4 is 23.2 Å². The van der Waals surface area contributed by atoms with Gasteiger partial charge in [0.05, 0.1) is 12.6 Å². The van der Waals surface area contributed by atoms with Crippen LogP contribution in [0.1, 0.15) is 26.7 Å². The van der Waals surface area contributed by atoms with Gasteiger partial charge in [-0.1, -0.05) is 13.3 Å². The molecular formula is C15H24N4O2. The number of hydrogen-bond donors (Lipinski definition) is 3. The van der Waals surface area contributed by atoms with E-state index in [-0.39, 0.29) is 12.5 Å². The summed E-state index contributed by atoms with van der Waals surface area (Å²) in [5, 5.41) is 2.81. The number of unbranched alkanes of at least 4 members (excludes halogenated alkanes) is 1. The van der Waals surface area contributed by atoms with E-state index in [1.54, 1.807) is 36.1 Å². The van der Waals surface area contributed by atoms with Crippen LogP contribution >= 0.6 is 0 Å². The summed E-state index contributed by atoms with van der Waals surface area (Å²) in [6.07, 6.45) is 1.90. The summed E-state index contributed by atoms with van der Waals surface area (Å²) in [4.78, 5) is 25.2. The second-order valence-electron chi connectivity index (χ2n) is 5.08. The van der Waals surface area contributed by atoms with Crippen molar-refractivity contribution in [1.82, 2.24) is 4.90 Å². The number of rotatable bonds is 8. The molecule has 1 unspecified atom stereocenters.